The van der Waals surface area contributed by atoms with Crippen LogP contribution in [-0.4, -0.2) is 12.6 Å². The summed E-state index contributed by atoms with van der Waals surface area (Å²) in [5, 5.41) is 6.80. The average molecular weight is 190 g/mol. The lowest BCUT2D eigenvalue weighted by molar-refractivity contribution is 0.588. The first-order valence-corrected chi connectivity index (χ1v) is 5.35. The fraction of sp³-hybridized carbons (Fsp3) is 0.500. The van der Waals surface area contributed by atoms with Gasteiger partial charge in [0.2, 0.25) is 0 Å². The van der Waals surface area contributed by atoms with Gasteiger partial charge < -0.3 is 10.6 Å². The van der Waals surface area contributed by atoms with E-state index in [1.165, 1.54) is 23.2 Å². The van der Waals surface area contributed by atoms with Gasteiger partial charge >= 0.3 is 0 Å². The Kier molecular flexibility index (Phi) is 2.73. The molecule has 0 aromatic heterocycles. The van der Waals surface area contributed by atoms with Crippen molar-refractivity contribution >= 4 is 5.69 Å². The lowest BCUT2D eigenvalue weighted by atomic mass is 10.1. The van der Waals surface area contributed by atoms with Crippen molar-refractivity contribution in [2.75, 3.05) is 11.9 Å². The summed E-state index contributed by atoms with van der Waals surface area (Å²) in [4.78, 5) is 0. The Bertz CT molecular complexity index is 318. The minimum Gasteiger partial charge on any atom is -0.384 e. The lowest BCUT2D eigenvalue weighted by Gasteiger charge is -2.09. The molecule has 1 aromatic carbocycles. The monoisotopic (exact) mass is 190 g/mol. The number of anilines is 1. The number of hydrogen-bond donors (Lipinski definition) is 2. The Morgan fingerprint density at radius 2 is 2.29 bits per heavy atom. The molecule has 2 heteroatoms. The second-order valence-corrected chi connectivity index (χ2v) is 4.20. The van der Waals surface area contributed by atoms with E-state index in [1.54, 1.807) is 0 Å². The van der Waals surface area contributed by atoms with Crippen LogP contribution in [0, 0.1) is 0 Å². The minimum atomic E-state index is 0.557. The zero-order chi connectivity index (χ0) is 9.97. The van der Waals surface area contributed by atoms with E-state index in [0.29, 0.717) is 6.04 Å². The molecule has 14 heavy (non-hydrogen) atoms. The normalized spacial score (nSPS) is 14.2. The summed E-state index contributed by atoms with van der Waals surface area (Å²) < 4.78 is 0. The Morgan fingerprint density at radius 3 is 3.07 bits per heavy atom. The molecule has 0 saturated carbocycles. The standard InChI is InChI=1S/C12H18N2/c1-9(2)14-8-10-3-4-12-11(7-10)5-6-13-12/h3-4,7,9,13-14H,5-6,8H2,1-2H3. The fourth-order valence-electron chi connectivity index (χ4n) is 1.79. The Morgan fingerprint density at radius 1 is 1.43 bits per heavy atom. The van der Waals surface area contributed by atoms with E-state index in [9.17, 15) is 0 Å². The summed E-state index contributed by atoms with van der Waals surface area (Å²) >= 11 is 0. The highest BCUT2D eigenvalue weighted by Gasteiger charge is 2.09. The Hall–Kier alpha value is -1.02. The molecular weight excluding hydrogens is 172 g/mol. The highest BCUT2D eigenvalue weighted by Crippen LogP contribution is 2.22. The maximum absolute atomic E-state index is 3.43. The number of fused-ring (bicyclic) bond motifs is 1. The SMILES string of the molecule is CC(C)NCc1ccc2c(c1)CCN2. The summed E-state index contributed by atoms with van der Waals surface area (Å²) in [6, 6.07) is 7.26. The zero-order valence-corrected chi connectivity index (χ0v) is 8.93. The predicted octanol–water partition coefficient (Wildman–Crippen LogP) is 2.15. The van der Waals surface area contributed by atoms with Crippen LogP contribution in [0.2, 0.25) is 0 Å². The molecule has 76 valence electrons. The molecule has 0 amide bonds. The number of hydrogen-bond acceptors (Lipinski definition) is 2. The molecule has 0 fully saturated rings. The smallest absolute Gasteiger partial charge is 0.0373 e. The average Bonchev–Trinajstić information content (AvgIpc) is 2.61. The molecule has 0 saturated heterocycles. The third-order valence-corrected chi connectivity index (χ3v) is 2.59. The van der Waals surface area contributed by atoms with Gasteiger partial charge in [-0.1, -0.05) is 26.0 Å². The van der Waals surface area contributed by atoms with E-state index < -0.39 is 0 Å². The summed E-state index contributed by atoms with van der Waals surface area (Å²) in [6.45, 7) is 6.42. The van der Waals surface area contributed by atoms with Gasteiger partial charge in [0.25, 0.3) is 0 Å². The molecule has 2 N–H and O–H groups in total. The van der Waals surface area contributed by atoms with Crippen LogP contribution in [0.1, 0.15) is 25.0 Å². The van der Waals surface area contributed by atoms with Gasteiger partial charge in [-0.25, -0.2) is 0 Å². The fourth-order valence-corrected chi connectivity index (χ4v) is 1.79. The molecule has 1 heterocycles. The molecule has 0 bridgehead atoms. The third-order valence-electron chi connectivity index (χ3n) is 2.59. The molecule has 1 aliphatic heterocycles. The van der Waals surface area contributed by atoms with Crippen molar-refractivity contribution in [2.45, 2.75) is 32.9 Å². The van der Waals surface area contributed by atoms with Crippen molar-refractivity contribution in [3.63, 3.8) is 0 Å². The van der Waals surface area contributed by atoms with Gasteiger partial charge in [0.15, 0.2) is 0 Å². The Balaban J connectivity index is 2.05. The van der Waals surface area contributed by atoms with Crippen molar-refractivity contribution in [3.05, 3.63) is 29.3 Å². The second-order valence-electron chi connectivity index (χ2n) is 4.20. The van der Waals surface area contributed by atoms with Crippen LogP contribution in [0.5, 0.6) is 0 Å². The van der Waals surface area contributed by atoms with Crippen LogP contribution < -0.4 is 10.6 Å². The molecular formula is C12H18N2. The van der Waals surface area contributed by atoms with Crippen LogP contribution in [0.3, 0.4) is 0 Å². The highest BCUT2D eigenvalue weighted by atomic mass is 14.9. The quantitative estimate of drug-likeness (QED) is 0.763. The van der Waals surface area contributed by atoms with E-state index in [4.69, 9.17) is 0 Å². The summed E-state index contributed by atoms with van der Waals surface area (Å²) in [5.74, 6) is 0. The first-order chi connectivity index (χ1) is 6.75. The number of nitrogens with one attached hydrogen (secondary N) is 2. The molecule has 0 radical (unpaired) electrons. The van der Waals surface area contributed by atoms with Crippen molar-refractivity contribution in [2.24, 2.45) is 0 Å². The zero-order valence-electron chi connectivity index (χ0n) is 8.93. The highest BCUT2D eigenvalue weighted by molar-refractivity contribution is 5.56. The predicted molar refractivity (Wildman–Crippen MR) is 60.6 cm³/mol. The van der Waals surface area contributed by atoms with Crippen LogP contribution >= 0.6 is 0 Å². The first-order valence-electron chi connectivity index (χ1n) is 5.35. The van der Waals surface area contributed by atoms with Gasteiger partial charge in [0.05, 0.1) is 0 Å². The van der Waals surface area contributed by atoms with Gasteiger partial charge in [-0.3, -0.25) is 0 Å². The van der Waals surface area contributed by atoms with Crippen molar-refractivity contribution in [3.8, 4) is 0 Å². The van der Waals surface area contributed by atoms with E-state index in [1.807, 2.05) is 0 Å². The number of benzene rings is 1. The van der Waals surface area contributed by atoms with Gasteiger partial charge in [-0.15, -0.1) is 0 Å². The molecule has 0 aliphatic carbocycles. The van der Waals surface area contributed by atoms with E-state index in [-0.39, 0.29) is 0 Å². The maximum atomic E-state index is 3.43. The van der Waals surface area contributed by atoms with E-state index >= 15 is 0 Å². The van der Waals surface area contributed by atoms with E-state index in [0.717, 1.165) is 13.1 Å². The molecule has 0 atom stereocenters. The molecule has 2 nitrogen and oxygen atoms in total. The molecule has 0 spiro atoms. The largest absolute Gasteiger partial charge is 0.384 e. The lowest BCUT2D eigenvalue weighted by Crippen LogP contribution is -2.21. The third kappa shape index (κ3) is 2.07. The Labute approximate surface area is 85.7 Å². The van der Waals surface area contributed by atoms with Gasteiger partial charge in [0, 0.05) is 24.8 Å². The van der Waals surface area contributed by atoms with Crippen molar-refractivity contribution in [1.82, 2.24) is 5.32 Å². The van der Waals surface area contributed by atoms with Crippen LogP contribution in [0.4, 0.5) is 5.69 Å². The van der Waals surface area contributed by atoms with Crippen LogP contribution in [0.25, 0.3) is 0 Å². The first kappa shape index (κ1) is 9.53. The van der Waals surface area contributed by atoms with Gasteiger partial charge in [-0.05, 0) is 23.6 Å². The van der Waals surface area contributed by atoms with Crippen LogP contribution in [-0.2, 0) is 13.0 Å². The summed E-state index contributed by atoms with van der Waals surface area (Å²) in [5.41, 5.74) is 4.17. The van der Waals surface area contributed by atoms with Gasteiger partial charge in [0.1, 0.15) is 0 Å². The molecule has 1 aromatic rings. The van der Waals surface area contributed by atoms with Crippen molar-refractivity contribution < 1.29 is 0 Å². The van der Waals surface area contributed by atoms with Crippen LogP contribution in [0.15, 0.2) is 18.2 Å². The van der Waals surface area contributed by atoms with E-state index in [2.05, 4.69) is 42.7 Å². The summed E-state index contributed by atoms with van der Waals surface area (Å²) in [7, 11) is 0. The molecule has 1 aliphatic rings. The second kappa shape index (κ2) is 4.01. The maximum Gasteiger partial charge on any atom is 0.0373 e. The molecule has 2 rings (SSSR count). The minimum absolute atomic E-state index is 0.557. The topological polar surface area (TPSA) is 24.1 Å². The summed E-state index contributed by atoms with van der Waals surface area (Å²) in [6.07, 6.45) is 1.17. The molecule has 0 unspecified atom stereocenters. The number of rotatable bonds is 3. The van der Waals surface area contributed by atoms with Crippen molar-refractivity contribution in [1.29, 1.82) is 0 Å². The van der Waals surface area contributed by atoms with Gasteiger partial charge in [-0.2, -0.15) is 0 Å².